The zero-order valence-corrected chi connectivity index (χ0v) is 13.8. The SMILES string of the molecule is O=C(O)c1ccccc1S(=O)(=O)N1CCC(Cn2cnnc2)CC1. The zero-order valence-electron chi connectivity index (χ0n) is 12.9. The molecule has 1 aliphatic rings. The molecule has 0 aliphatic carbocycles. The van der Waals surface area contributed by atoms with Crippen molar-refractivity contribution in [2.45, 2.75) is 24.3 Å². The molecule has 1 aromatic heterocycles. The van der Waals surface area contributed by atoms with Crippen molar-refractivity contribution in [1.82, 2.24) is 19.1 Å². The molecule has 0 radical (unpaired) electrons. The van der Waals surface area contributed by atoms with Crippen LogP contribution in [0.2, 0.25) is 0 Å². The topological polar surface area (TPSA) is 105 Å². The molecular formula is C15H18N4O4S. The molecule has 8 nitrogen and oxygen atoms in total. The Morgan fingerprint density at radius 2 is 1.79 bits per heavy atom. The number of piperidine rings is 1. The fourth-order valence-corrected chi connectivity index (χ4v) is 4.61. The summed E-state index contributed by atoms with van der Waals surface area (Å²) in [6, 6.07) is 5.72. The van der Waals surface area contributed by atoms with Crippen LogP contribution < -0.4 is 0 Å². The van der Waals surface area contributed by atoms with Gasteiger partial charge in [-0.3, -0.25) is 0 Å². The van der Waals surface area contributed by atoms with Crippen LogP contribution in [0.3, 0.4) is 0 Å². The van der Waals surface area contributed by atoms with Crippen LogP contribution in [0.5, 0.6) is 0 Å². The number of aromatic carboxylic acids is 1. The van der Waals surface area contributed by atoms with Crippen LogP contribution in [0, 0.1) is 5.92 Å². The van der Waals surface area contributed by atoms with E-state index in [1.54, 1.807) is 12.7 Å². The summed E-state index contributed by atoms with van der Waals surface area (Å²) in [6.07, 6.45) is 4.72. The lowest BCUT2D eigenvalue weighted by Gasteiger charge is -2.31. The number of benzene rings is 1. The van der Waals surface area contributed by atoms with Gasteiger partial charge in [0.15, 0.2) is 0 Å². The van der Waals surface area contributed by atoms with Gasteiger partial charge in [0, 0.05) is 19.6 Å². The first kappa shape index (κ1) is 16.6. The van der Waals surface area contributed by atoms with Gasteiger partial charge >= 0.3 is 5.97 Å². The second kappa shape index (κ2) is 6.70. The molecule has 1 aromatic carbocycles. The van der Waals surface area contributed by atoms with Gasteiger partial charge in [0.25, 0.3) is 0 Å². The highest BCUT2D eigenvalue weighted by Crippen LogP contribution is 2.26. The van der Waals surface area contributed by atoms with Crippen molar-refractivity contribution in [2.75, 3.05) is 13.1 Å². The molecule has 2 aromatic rings. The van der Waals surface area contributed by atoms with Crippen molar-refractivity contribution in [2.24, 2.45) is 5.92 Å². The lowest BCUT2D eigenvalue weighted by Crippen LogP contribution is -2.39. The number of carbonyl (C=O) groups is 1. The summed E-state index contributed by atoms with van der Waals surface area (Å²) in [5, 5.41) is 16.7. The molecule has 1 aliphatic heterocycles. The van der Waals surface area contributed by atoms with E-state index in [1.165, 1.54) is 28.6 Å². The average molecular weight is 350 g/mol. The van der Waals surface area contributed by atoms with Crippen LogP contribution in [0.4, 0.5) is 0 Å². The third kappa shape index (κ3) is 3.31. The minimum absolute atomic E-state index is 0.144. The third-order valence-electron chi connectivity index (χ3n) is 4.24. The molecule has 9 heteroatoms. The fraction of sp³-hybridized carbons (Fsp3) is 0.400. The van der Waals surface area contributed by atoms with E-state index in [4.69, 9.17) is 0 Å². The Kier molecular flexibility index (Phi) is 4.63. The second-order valence-corrected chi connectivity index (χ2v) is 7.71. The maximum absolute atomic E-state index is 12.8. The molecule has 0 amide bonds. The lowest BCUT2D eigenvalue weighted by molar-refractivity contribution is 0.0692. The normalized spacial score (nSPS) is 17.0. The van der Waals surface area contributed by atoms with Crippen LogP contribution in [0.15, 0.2) is 41.8 Å². The minimum Gasteiger partial charge on any atom is -0.478 e. The van der Waals surface area contributed by atoms with Gasteiger partial charge < -0.3 is 9.67 Å². The Hall–Kier alpha value is -2.26. The predicted molar refractivity (Wildman–Crippen MR) is 84.9 cm³/mol. The van der Waals surface area contributed by atoms with Crippen LogP contribution in [0.1, 0.15) is 23.2 Å². The van der Waals surface area contributed by atoms with Crippen molar-refractivity contribution in [1.29, 1.82) is 0 Å². The van der Waals surface area contributed by atoms with Crippen molar-refractivity contribution in [3.05, 3.63) is 42.5 Å². The Labute approximate surface area is 139 Å². The van der Waals surface area contributed by atoms with Crippen molar-refractivity contribution < 1.29 is 18.3 Å². The summed E-state index contributed by atoms with van der Waals surface area (Å²) in [5.74, 6) is -0.890. The molecule has 0 spiro atoms. The summed E-state index contributed by atoms with van der Waals surface area (Å²) in [5.41, 5.74) is -0.191. The molecule has 0 unspecified atom stereocenters. The summed E-state index contributed by atoms with van der Waals surface area (Å²) < 4.78 is 28.8. The first-order valence-electron chi connectivity index (χ1n) is 7.63. The van der Waals surface area contributed by atoms with E-state index in [-0.39, 0.29) is 10.5 Å². The number of hydrogen-bond acceptors (Lipinski definition) is 5. The summed E-state index contributed by atoms with van der Waals surface area (Å²) in [7, 11) is -3.80. The van der Waals surface area contributed by atoms with Crippen molar-refractivity contribution >= 4 is 16.0 Å². The first-order chi connectivity index (χ1) is 11.5. The molecule has 1 fully saturated rings. The van der Waals surface area contributed by atoms with Crippen molar-refractivity contribution in [3.63, 3.8) is 0 Å². The number of rotatable bonds is 5. The predicted octanol–water partition coefficient (Wildman–Crippen LogP) is 1.08. The third-order valence-corrected chi connectivity index (χ3v) is 6.20. The number of hydrogen-bond donors (Lipinski definition) is 1. The number of carboxylic acids is 1. The van der Waals surface area contributed by atoms with Crippen LogP contribution >= 0.6 is 0 Å². The van der Waals surface area contributed by atoms with Crippen molar-refractivity contribution in [3.8, 4) is 0 Å². The zero-order chi connectivity index (χ0) is 17.2. The highest BCUT2D eigenvalue weighted by Gasteiger charge is 2.32. The average Bonchev–Trinajstić information content (AvgIpc) is 3.08. The number of carboxylic acid groups (broad SMARTS) is 1. The highest BCUT2D eigenvalue weighted by atomic mass is 32.2. The fourth-order valence-electron chi connectivity index (χ4n) is 2.95. The molecule has 2 heterocycles. The Bertz CT molecular complexity index is 812. The quantitative estimate of drug-likeness (QED) is 0.865. The Morgan fingerprint density at radius 1 is 1.17 bits per heavy atom. The molecule has 128 valence electrons. The highest BCUT2D eigenvalue weighted by molar-refractivity contribution is 7.89. The molecule has 1 saturated heterocycles. The van der Waals surface area contributed by atoms with Gasteiger partial charge in [0.1, 0.15) is 12.7 Å². The van der Waals surface area contributed by atoms with Gasteiger partial charge in [-0.15, -0.1) is 10.2 Å². The van der Waals surface area contributed by atoms with Crippen LogP contribution in [0.25, 0.3) is 0 Å². The van der Waals surface area contributed by atoms with E-state index in [1.807, 2.05) is 4.57 Å². The molecular weight excluding hydrogens is 332 g/mol. The largest absolute Gasteiger partial charge is 0.478 e. The maximum Gasteiger partial charge on any atom is 0.337 e. The van der Waals surface area contributed by atoms with Gasteiger partial charge in [-0.1, -0.05) is 12.1 Å². The Morgan fingerprint density at radius 3 is 2.42 bits per heavy atom. The molecule has 3 rings (SSSR count). The van der Waals surface area contributed by atoms with E-state index < -0.39 is 16.0 Å². The summed E-state index contributed by atoms with van der Waals surface area (Å²) in [6.45, 7) is 1.51. The first-order valence-corrected chi connectivity index (χ1v) is 9.07. The number of aromatic nitrogens is 3. The second-order valence-electron chi connectivity index (χ2n) is 5.81. The van der Waals surface area contributed by atoms with E-state index >= 15 is 0 Å². The lowest BCUT2D eigenvalue weighted by atomic mass is 9.98. The maximum atomic E-state index is 12.8. The number of sulfonamides is 1. The number of nitrogens with zero attached hydrogens (tertiary/aromatic N) is 4. The van der Waals surface area contributed by atoms with Crippen LogP contribution in [-0.4, -0.2) is 51.7 Å². The van der Waals surface area contributed by atoms with Crippen LogP contribution in [-0.2, 0) is 16.6 Å². The molecule has 0 bridgehead atoms. The van der Waals surface area contributed by atoms with E-state index in [9.17, 15) is 18.3 Å². The van der Waals surface area contributed by atoms with Gasteiger partial charge in [-0.05, 0) is 30.9 Å². The summed E-state index contributed by atoms with van der Waals surface area (Å²) in [4.78, 5) is 11.1. The van der Waals surface area contributed by atoms with Gasteiger partial charge in [-0.2, -0.15) is 4.31 Å². The molecule has 1 N–H and O–H groups in total. The van der Waals surface area contributed by atoms with Gasteiger partial charge in [-0.25, -0.2) is 13.2 Å². The minimum atomic E-state index is -3.80. The van der Waals surface area contributed by atoms with E-state index in [0.717, 1.165) is 6.54 Å². The Balaban J connectivity index is 1.72. The standard InChI is InChI=1S/C15H18N4O4S/c20-15(21)13-3-1-2-4-14(13)24(22,23)19-7-5-12(6-8-19)9-18-10-16-17-11-18/h1-4,10-12H,5-9H2,(H,20,21). The smallest absolute Gasteiger partial charge is 0.337 e. The molecule has 0 saturated carbocycles. The van der Waals surface area contributed by atoms with Gasteiger partial charge in [0.2, 0.25) is 10.0 Å². The van der Waals surface area contributed by atoms with Gasteiger partial charge in [0.05, 0.1) is 10.5 Å². The molecule has 0 atom stereocenters. The van der Waals surface area contributed by atoms with E-state index in [0.29, 0.717) is 31.8 Å². The van der Waals surface area contributed by atoms with E-state index in [2.05, 4.69) is 10.2 Å². The monoisotopic (exact) mass is 350 g/mol. The molecule has 24 heavy (non-hydrogen) atoms. The summed E-state index contributed by atoms with van der Waals surface area (Å²) >= 11 is 0.